The number of ether oxygens (including phenoxy) is 1. The van der Waals surface area contributed by atoms with Gasteiger partial charge in [0.05, 0.1) is 23.0 Å². The number of aliphatic imine (C=N–C) groups is 1. The number of carbonyl (C=O) groups is 1. The van der Waals surface area contributed by atoms with Crippen molar-refractivity contribution in [1.29, 1.82) is 0 Å². The summed E-state index contributed by atoms with van der Waals surface area (Å²) in [6, 6.07) is 9.58. The van der Waals surface area contributed by atoms with Crippen molar-refractivity contribution >= 4 is 38.9 Å². The molecule has 3 heterocycles. The fourth-order valence-electron chi connectivity index (χ4n) is 2.81. The van der Waals surface area contributed by atoms with Gasteiger partial charge in [-0.1, -0.05) is 0 Å². The molecule has 1 fully saturated rings. The molecule has 1 aromatic carbocycles. The Morgan fingerprint density at radius 2 is 1.82 bits per heavy atom. The highest BCUT2D eigenvalue weighted by Crippen LogP contribution is 2.32. The zero-order valence-electron chi connectivity index (χ0n) is 14.7. The van der Waals surface area contributed by atoms with E-state index in [0.29, 0.717) is 53.5 Å². The van der Waals surface area contributed by atoms with Crippen molar-refractivity contribution in [3.05, 3.63) is 47.1 Å². The van der Waals surface area contributed by atoms with E-state index in [4.69, 9.17) is 14.3 Å². The van der Waals surface area contributed by atoms with Crippen LogP contribution in [0.25, 0.3) is 17.4 Å². The second-order valence-electron chi connectivity index (χ2n) is 6.18. The minimum atomic E-state index is -3.74. The molecule has 4 rings (SSSR count). The standard InChI is InChI=1S/C18H17N3O5S2/c19-28(23,24)14-4-1-12(2-5-14)15-6-3-13(26-15)11-16-17(22)20-18(27-16)21-7-9-25-10-8-21/h1-6,11H,7-10H2,(H2,19,23,24)/b16-11-. The molecule has 146 valence electrons. The Labute approximate surface area is 166 Å². The molecule has 2 aromatic rings. The van der Waals surface area contributed by atoms with Crippen molar-refractivity contribution in [3.8, 4) is 11.3 Å². The highest BCUT2D eigenvalue weighted by atomic mass is 32.2. The van der Waals surface area contributed by atoms with Gasteiger partial charge in [-0.15, -0.1) is 0 Å². The predicted octanol–water partition coefficient (Wildman–Crippen LogP) is 1.90. The summed E-state index contributed by atoms with van der Waals surface area (Å²) in [5, 5.41) is 5.79. The quantitative estimate of drug-likeness (QED) is 0.756. The molecule has 0 bridgehead atoms. The number of nitrogens with zero attached hydrogens (tertiary/aromatic N) is 2. The number of primary sulfonamides is 1. The number of thioether (sulfide) groups is 1. The van der Waals surface area contributed by atoms with Gasteiger partial charge in [0.2, 0.25) is 10.0 Å². The van der Waals surface area contributed by atoms with Gasteiger partial charge >= 0.3 is 0 Å². The Hall–Kier alpha value is -2.40. The summed E-state index contributed by atoms with van der Waals surface area (Å²) in [7, 11) is -3.74. The number of amides is 1. The summed E-state index contributed by atoms with van der Waals surface area (Å²) >= 11 is 1.32. The molecule has 2 aliphatic rings. The minimum absolute atomic E-state index is 0.0332. The topological polar surface area (TPSA) is 115 Å². The Morgan fingerprint density at radius 3 is 2.50 bits per heavy atom. The van der Waals surface area contributed by atoms with E-state index in [1.807, 2.05) is 4.90 Å². The van der Waals surface area contributed by atoms with Gasteiger partial charge in [-0.2, -0.15) is 4.99 Å². The highest BCUT2D eigenvalue weighted by molar-refractivity contribution is 8.18. The molecule has 8 nitrogen and oxygen atoms in total. The SMILES string of the molecule is NS(=O)(=O)c1ccc(-c2ccc(/C=C3\SC(N4CCOCC4)=NC3=O)o2)cc1. The maximum absolute atomic E-state index is 12.2. The molecule has 0 spiro atoms. The maximum Gasteiger partial charge on any atom is 0.286 e. The van der Waals surface area contributed by atoms with Crippen LogP contribution in [0.1, 0.15) is 5.76 Å². The van der Waals surface area contributed by atoms with Crippen LogP contribution >= 0.6 is 11.8 Å². The Kier molecular flexibility index (Phi) is 5.11. The minimum Gasteiger partial charge on any atom is -0.457 e. The molecular formula is C18H17N3O5S2. The lowest BCUT2D eigenvalue weighted by Crippen LogP contribution is -2.38. The van der Waals surface area contributed by atoms with Crippen molar-refractivity contribution in [2.24, 2.45) is 10.1 Å². The first-order chi connectivity index (χ1) is 13.4. The van der Waals surface area contributed by atoms with Crippen LogP contribution in [0.4, 0.5) is 0 Å². The number of nitrogens with two attached hydrogens (primary N) is 1. The number of hydrogen-bond donors (Lipinski definition) is 1. The number of hydrogen-bond acceptors (Lipinski definition) is 7. The summed E-state index contributed by atoms with van der Waals surface area (Å²) in [5.74, 6) is 0.777. The van der Waals surface area contributed by atoms with Crippen molar-refractivity contribution in [3.63, 3.8) is 0 Å². The lowest BCUT2D eigenvalue weighted by atomic mass is 10.2. The molecule has 0 radical (unpaired) electrons. The summed E-state index contributed by atoms with van der Waals surface area (Å²) in [6.45, 7) is 2.68. The Balaban J connectivity index is 1.50. The normalized spacial score (nSPS) is 19.3. The smallest absolute Gasteiger partial charge is 0.286 e. The van der Waals surface area contributed by atoms with Crippen LogP contribution in [0, 0.1) is 0 Å². The van der Waals surface area contributed by atoms with E-state index in [1.165, 1.54) is 23.9 Å². The molecule has 2 aliphatic heterocycles. The summed E-state index contributed by atoms with van der Waals surface area (Å²) < 4.78 is 33.8. The number of sulfonamides is 1. The van der Waals surface area contributed by atoms with Crippen LogP contribution in [-0.2, 0) is 19.6 Å². The fraction of sp³-hybridized carbons (Fsp3) is 0.222. The van der Waals surface area contributed by atoms with Gasteiger partial charge in [-0.25, -0.2) is 13.6 Å². The molecule has 10 heteroatoms. The predicted molar refractivity (Wildman–Crippen MR) is 106 cm³/mol. The number of morpholine rings is 1. The molecule has 0 aliphatic carbocycles. The van der Waals surface area contributed by atoms with E-state index >= 15 is 0 Å². The third kappa shape index (κ3) is 4.04. The lowest BCUT2D eigenvalue weighted by molar-refractivity contribution is -0.113. The lowest BCUT2D eigenvalue weighted by Gasteiger charge is -2.27. The molecule has 1 saturated heterocycles. The fourth-order valence-corrected chi connectivity index (χ4v) is 4.27. The first-order valence-electron chi connectivity index (χ1n) is 8.48. The van der Waals surface area contributed by atoms with E-state index < -0.39 is 10.0 Å². The van der Waals surface area contributed by atoms with E-state index in [-0.39, 0.29) is 10.8 Å². The van der Waals surface area contributed by atoms with Crippen LogP contribution in [0.5, 0.6) is 0 Å². The Bertz CT molecular complexity index is 1060. The molecule has 0 atom stereocenters. The first kappa shape index (κ1) is 18.9. The first-order valence-corrected chi connectivity index (χ1v) is 10.8. The van der Waals surface area contributed by atoms with Gasteiger partial charge in [0.15, 0.2) is 5.17 Å². The van der Waals surface area contributed by atoms with Crippen LogP contribution in [0.3, 0.4) is 0 Å². The van der Waals surface area contributed by atoms with Gasteiger partial charge in [0, 0.05) is 24.7 Å². The second kappa shape index (κ2) is 7.55. The molecule has 1 amide bonds. The van der Waals surface area contributed by atoms with E-state index in [9.17, 15) is 13.2 Å². The molecular weight excluding hydrogens is 402 g/mol. The third-order valence-electron chi connectivity index (χ3n) is 4.26. The van der Waals surface area contributed by atoms with E-state index in [1.54, 1.807) is 30.3 Å². The van der Waals surface area contributed by atoms with Gasteiger partial charge in [0.25, 0.3) is 5.91 Å². The zero-order valence-corrected chi connectivity index (χ0v) is 16.3. The van der Waals surface area contributed by atoms with Gasteiger partial charge in [-0.05, 0) is 48.2 Å². The average Bonchev–Trinajstić information content (AvgIpc) is 3.29. The monoisotopic (exact) mass is 419 g/mol. The molecule has 0 saturated carbocycles. The van der Waals surface area contributed by atoms with Crippen LogP contribution in [0.15, 0.2) is 55.6 Å². The number of benzene rings is 1. The van der Waals surface area contributed by atoms with E-state index in [2.05, 4.69) is 4.99 Å². The van der Waals surface area contributed by atoms with Crippen molar-refractivity contribution in [1.82, 2.24) is 4.90 Å². The number of carbonyl (C=O) groups excluding carboxylic acids is 1. The van der Waals surface area contributed by atoms with Crippen LogP contribution in [0.2, 0.25) is 0 Å². The summed E-state index contributed by atoms with van der Waals surface area (Å²) in [4.78, 5) is 18.9. The number of rotatable bonds is 3. The highest BCUT2D eigenvalue weighted by Gasteiger charge is 2.27. The zero-order chi connectivity index (χ0) is 19.7. The van der Waals surface area contributed by atoms with Crippen LogP contribution in [-0.4, -0.2) is 50.7 Å². The number of furan rings is 1. The largest absolute Gasteiger partial charge is 0.457 e. The second-order valence-corrected chi connectivity index (χ2v) is 8.75. The number of amidine groups is 1. The molecule has 2 N–H and O–H groups in total. The van der Waals surface area contributed by atoms with Crippen molar-refractivity contribution < 1.29 is 22.4 Å². The molecule has 0 unspecified atom stereocenters. The Morgan fingerprint density at radius 1 is 1.11 bits per heavy atom. The van der Waals surface area contributed by atoms with Gasteiger partial charge in [0.1, 0.15) is 11.5 Å². The van der Waals surface area contributed by atoms with Crippen molar-refractivity contribution in [2.75, 3.05) is 26.3 Å². The average molecular weight is 419 g/mol. The maximum atomic E-state index is 12.2. The molecule has 1 aromatic heterocycles. The van der Waals surface area contributed by atoms with E-state index in [0.717, 1.165) is 0 Å². The summed E-state index contributed by atoms with van der Waals surface area (Å²) in [5.41, 5.74) is 0.702. The third-order valence-corrected chi connectivity index (χ3v) is 6.23. The van der Waals surface area contributed by atoms with Crippen LogP contribution < -0.4 is 5.14 Å². The van der Waals surface area contributed by atoms with Crippen molar-refractivity contribution in [2.45, 2.75) is 4.90 Å². The van der Waals surface area contributed by atoms with Gasteiger partial charge in [-0.3, -0.25) is 4.79 Å². The molecule has 28 heavy (non-hydrogen) atoms. The summed E-state index contributed by atoms with van der Waals surface area (Å²) in [6.07, 6.45) is 1.66. The van der Waals surface area contributed by atoms with Gasteiger partial charge < -0.3 is 14.1 Å².